The van der Waals surface area contributed by atoms with E-state index in [0.717, 1.165) is 25.7 Å². The topological polar surface area (TPSA) is 201 Å². The number of benzene rings is 1. The molecule has 2 aromatic heterocycles. The lowest BCUT2D eigenvalue weighted by Crippen LogP contribution is -2.62. The summed E-state index contributed by atoms with van der Waals surface area (Å²) in [5, 5.41) is 17.2. The second-order valence-electron chi connectivity index (χ2n) is 15.4. The fraction of sp³-hybridized carbons (Fsp3) is 0.643. The van der Waals surface area contributed by atoms with Crippen molar-refractivity contribution in [1.29, 1.82) is 0 Å². The summed E-state index contributed by atoms with van der Waals surface area (Å²) in [5.74, 6) is -0.516. The Morgan fingerprint density at radius 2 is 1.66 bits per heavy atom. The molecule has 3 N–H and O–H groups in total. The molecule has 59 heavy (non-hydrogen) atoms. The maximum absolute atomic E-state index is 13.0. The van der Waals surface area contributed by atoms with E-state index in [1.54, 1.807) is 46.4 Å². The van der Waals surface area contributed by atoms with Crippen molar-refractivity contribution in [2.24, 2.45) is 10.9 Å². The summed E-state index contributed by atoms with van der Waals surface area (Å²) in [6.45, 7) is 8.74. The molecule has 1 unspecified atom stereocenters. The first kappa shape index (κ1) is 45.5. The number of imidazole rings is 1. The number of aliphatic hydroxyl groups excluding tert-OH is 1. The van der Waals surface area contributed by atoms with E-state index >= 15 is 0 Å². The largest absolute Gasteiger partial charge is 0.456 e. The first-order chi connectivity index (χ1) is 28.5. The van der Waals surface area contributed by atoms with E-state index in [0.29, 0.717) is 74.4 Å². The van der Waals surface area contributed by atoms with Crippen LogP contribution in [0.15, 0.2) is 48.0 Å². The molecule has 17 nitrogen and oxygen atoms in total. The van der Waals surface area contributed by atoms with Crippen LogP contribution in [-0.4, -0.2) is 130 Å². The van der Waals surface area contributed by atoms with Gasteiger partial charge >= 0.3 is 5.97 Å². The quantitative estimate of drug-likeness (QED) is 0.0556. The van der Waals surface area contributed by atoms with Gasteiger partial charge in [-0.1, -0.05) is 51.8 Å². The number of amides is 2. The number of carbonyl (C=O) groups is 3. The number of nitrogens with one attached hydrogen (secondary N) is 2. The molecule has 2 aliphatic heterocycles. The molecule has 0 bridgehead atoms. The average Bonchev–Trinajstić information content (AvgIpc) is 3.80. The highest BCUT2D eigenvalue weighted by Gasteiger charge is 2.47. The van der Waals surface area contributed by atoms with Crippen molar-refractivity contribution in [2.45, 2.75) is 135 Å². The van der Waals surface area contributed by atoms with E-state index in [1.165, 1.54) is 13.3 Å². The predicted octanol–water partition coefficient (Wildman–Crippen LogP) is 4.47. The van der Waals surface area contributed by atoms with Crippen LogP contribution in [0.5, 0.6) is 0 Å². The second kappa shape index (κ2) is 22.7. The molecule has 0 radical (unpaired) electrons. The molecule has 9 atom stereocenters. The van der Waals surface area contributed by atoms with Crippen molar-refractivity contribution in [3.8, 4) is 0 Å². The molecule has 1 aromatic carbocycles. The van der Waals surface area contributed by atoms with Gasteiger partial charge in [0.2, 0.25) is 11.8 Å². The minimum absolute atomic E-state index is 0.0174. The van der Waals surface area contributed by atoms with Crippen LogP contribution in [0.3, 0.4) is 0 Å². The number of ether oxygens (including phenoxy) is 5. The minimum atomic E-state index is -0.912. The van der Waals surface area contributed by atoms with Gasteiger partial charge in [0.1, 0.15) is 30.7 Å². The van der Waals surface area contributed by atoms with Crippen LogP contribution in [0, 0.1) is 5.92 Å². The number of aliphatic imine (C=N–C) groups is 1. The zero-order valence-electron chi connectivity index (χ0n) is 35.2. The molecule has 4 heterocycles. The zero-order valence-corrected chi connectivity index (χ0v) is 35.2. The Labute approximate surface area is 346 Å². The van der Waals surface area contributed by atoms with Crippen LogP contribution in [0.2, 0.25) is 0 Å². The standard InChI is InChI=1S/C42H62N8O9/c1-7-30-27(3)36(59-41(54)29-18-12-11-13-19-29)33(48-28(4)51)42(58-30)56-23-17-14-20-32(52)43-21-15-9-10-16-22-55-37-31(8-2)57-40(35(37)53)50-26-46-34-38(47-25-49(5)6)44-24-45-39(34)50/h11-13,18-19,24-27,30-31,33,35-37,40,42,53H,7-10,14-17,20-23H2,1-6H3,(H,43,52)(H,48,51)/t27-,30+,31+,33+,35-,36-,37?,40+,42+/m0/s1. The summed E-state index contributed by atoms with van der Waals surface area (Å²) < 4.78 is 32.5. The number of esters is 1. The zero-order chi connectivity index (χ0) is 42.3. The summed E-state index contributed by atoms with van der Waals surface area (Å²) in [6.07, 6.45) is 7.02. The molecule has 17 heteroatoms. The van der Waals surface area contributed by atoms with Crippen LogP contribution >= 0.6 is 0 Å². The van der Waals surface area contributed by atoms with Crippen molar-refractivity contribution < 1.29 is 43.2 Å². The number of rotatable bonds is 22. The van der Waals surface area contributed by atoms with E-state index in [9.17, 15) is 19.5 Å². The van der Waals surface area contributed by atoms with E-state index in [1.807, 2.05) is 40.9 Å². The number of hydrogen-bond acceptors (Lipinski definition) is 13. The second-order valence-corrected chi connectivity index (χ2v) is 15.4. The number of nitrogens with zero attached hydrogens (tertiary/aromatic N) is 6. The van der Waals surface area contributed by atoms with Crippen molar-refractivity contribution in [1.82, 2.24) is 35.1 Å². The number of carbonyl (C=O) groups excluding carboxylic acids is 3. The molecular formula is C42H62N8O9. The fourth-order valence-corrected chi connectivity index (χ4v) is 7.49. The molecule has 5 rings (SSSR count). The molecule has 324 valence electrons. The van der Waals surface area contributed by atoms with Gasteiger partial charge in [-0.3, -0.25) is 14.2 Å². The van der Waals surface area contributed by atoms with Crippen LogP contribution in [0.1, 0.15) is 102 Å². The normalized spacial score (nSPS) is 25.6. The molecular weight excluding hydrogens is 761 g/mol. The maximum atomic E-state index is 13.0. The van der Waals surface area contributed by atoms with Crippen LogP contribution in [-0.2, 0) is 33.3 Å². The molecule has 2 saturated heterocycles. The van der Waals surface area contributed by atoms with Gasteiger partial charge in [0.05, 0.1) is 30.4 Å². The van der Waals surface area contributed by atoms with Crippen LogP contribution < -0.4 is 10.6 Å². The Kier molecular flexibility index (Phi) is 17.5. The monoisotopic (exact) mass is 822 g/mol. The summed E-state index contributed by atoms with van der Waals surface area (Å²) in [7, 11) is 3.74. The van der Waals surface area contributed by atoms with Gasteiger partial charge < -0.3 is 44.3 Å². The smallest absolute Gasteiger partial charge is 0.338 e. The number of aliphatic hydroxyl groups is 1. The van der Waals surface area contributed by atoms with Crippen molar-refractivity contribution >= 4 is 41.1 Å². The fourth-order valence-electron chi connectivity index (χ4n) is 7.49. The highest BCUT2D eigenvalue weighted by Crippen LogP contribution is 2.36. The van der Waals surface area contributed by atoms with E-state index in [4.69, 9.17) is 23.7 Å². The number of aromatic nitrogens is 4. The summed E-state index contributed by atoms with van der Waals surface area (Å²) in [4.78, 5) is 57.0. The molecule has 0 aliphatic carbocycles. The van der Waals surface area contributed by atoms with Crippen molar-refractivity contribution in [2.75, 3.05) is 33.9 Å². The van der Waals surface area contributed by atoms with E-state index in [2.05, 4.69) is 30.6 Å². The van der Waals surface area contributed by atoms with Crippen LogP contribution in [0.25, 0.3) is 11.2 Å². The third-order valence-corrected chi connectivity index (χ3v) is 10.6. The Balaban J connectivity index is 0.966. The maximum Gasteiger partial charge on any atom is 0.338 e. The SMILES string of the molecule is CC[C@H]1O[C@@H](n2cnc3c(N=CN(C)C)ncnc32)[C@@H](O)C1OCCCCCCNC(=O)CCCCO[C@@H]1O[C@H](CC)[C@H](C)[C@H](OC(=O)c2ccccc2)[C@H]1NC(C)=O. The Hall–Kier alpha value is -4.55. The van der Waals surface area contributed by atoms with Crippen molar-refractivity contribution in [3.05, 3.63) is 48.5 Å². The number of fused-ring (bicyclic) bond motifs is 1. The van der Waals surface area contributed by atoms with E-state index < -0.39 is 42.8 Å². The lowest BCUT2D eigenvalue weighted by molar-refractivity contribution is -0.249. The van der Waals surface area contributed by atoms with Gasteiger partial charge in [-0.15, -0.1) is 0 Å². The third kappa shape index (κ3) is 12.5. The Morgan fingerprint density at radius 3 is 2.39 bits per heavy atom. The summed E-state index contributed by atoms with van der Waals surface area (Å²) >= 11 is 0. The number of unbranched alkanes of at least 4 members (excludes halogenated alkanes) is 4. The lowest BCUT2D eigenvalue weighted by atomic mass is 9.87. The van der Waals surface area contributed by atoms with Gasteiger partial charge in [0.25, 0.3) is 0 Å². The van der Waals surface area contributed by atoms with Crippen molar-refractivity contribution in [3.63, 3.8) is 0 Å². The average molecular weight is 823 g/mol. The third-order valence-electron chi connectivity index (χ3n) is 10.6. The summed E-state index contributed by atoms with van der Waals surface area (Å²) in [6, 6.07) is 8.06. The highest BCUT2D eigenvalue weighted by molar-refractivity contribution is 5.89. The van der Waals surface area contributed by atoms with Crippen LogP contribution in [0.4, 0.5) is 5.82 Å². The minimum Gasteiger partial charge on any atom is -0.456 e. The molecule has 2 fully saturated rings. The molecule has 0 spiro atoms. The van der Waals surface area contributed by atoms with Gasteiger partial charge in [-0.2, -0.15) is 0 Å². The first-order valence-electron chi connectivity index (χ1n) is 20.9. The first-order valence-corrected chi connectivity index (χ1v) is 20.9. The molecule has 2 amide bonds. The Bertz CT molecular complexity index is 1810. The van der Waals surface area contributed by atoms with Gasteiger partial charge in [-0.05, 0) is 50.7 Å². The predicted molar refractivity (Wildman–Crippen MR) is 220 cm³/mol. The van der Waals surface area contributed by atoms with Gasteiger partial charge in [-0.25, -0.2) is 24.7 Å². The lowest BCUT2D eigenvalue weighted by Gasteiger charge is -2.45. The summed E-state index contributed by atoms with van der Waals surface area (Å²) in [5.41, 5.74) is 1.47. The van der Waals surface area contributed by atoms with Gasteiger partial charge in [0.15, 0.2) is 29.5 Å². The highest BCUT2D eigenvalue weighted by atomic mass is 16.7. The molecule has 3 aromatic rings. The Morgan fingerprint density at radius 1 is 0.932 bits per heavy atom. The van der Waals surface area contributed by atoms with E-state index in [-0.39, 0.29) is 29.9 Å². The molecule has 0 saturated carbocycles. The van der Waals surface area contributed by atoms with Gasteiger partial charge in [0, 0.05) is 53.1 Å². The molecule has 2 aliphatic rings. The number of hydrogen-bond donors (Lipinski definition) is 3.